The Bertz CT molecular complexity index is 570. The van der Waals surface area contributed by atoms with Crippen molar-refractivity contribution in [1.29, 1.82) is 0 Å². The molecule has 2 aromatic rings. The van der Waals surface area contributed by atoms with Crippen LogP contribution in [0.4, 0.5) is 5.95 Å². The molecule has 0 atom stereocenters. The van der Waals surface area contributed by atoms with Crippen molar-refractivity contribution in [3.05, 3.63) is 23.2 Å². The Balaban J connectivity index is 1.78. The Morgan fingerprint density at radius 2 is 2.05 bits per heavy atom. The first-order chi connectivity index (χ1) is 9.24. The van der Waals surface area contributed by atoms with Crippen molar-refractivity contribution in [2.24, 2.45) is 5.92 Å². The highest BCUT2D eigenvalue weighted by atomic mass is 35.5. The number of hydrogen-bond acceptors (Lipinski definition) is 2. The van der Waals surface area contributed by atoms with E-state index in [1.807, 2.05) is 18.2 Å². The van der Waals surface area contributed by atoms with Crippen LogP contribution in [0.25, 0.3) is 11.0 Å². The summed E-state index contributed by atoms with van der Waals surface area (Å²) in [7, 11) is 0. The predicted octanol–water partition coefficient (Wildman–Crippen LogP) is 4.24. The lowest BCUT2D eigenvalue weighted by Gasteiger charge is -2.21. The molecule has 0 unspecified atom stereocenters. The molecule has 0 radical (unpaired) electrons. The number of aromatic nitrogens is 2. The average molecular weight is 278 g/mol. The second-order valence-corrected chi connectivity index (χ2v) is 5.98. The molecule has 1 aliphatic carbocycles. The number of nitrogens with two attached hydrogens (primary N) is 1. The standard InChI is InChI=1S/C15H20ClN3/c16-12-6-7-14-13(10-12)18-15(17)19(14)9-8-11-4-2-1-3-5-11/h6-7,10-11H,1-5,8-9H2,(H2,17,18). The number of benzene rings is 1. The van der Waals surface area contributed by atoms with E-state index >= 15 is 0 Å². The van der Waals surface area contributed by atoms with Gasteiger partial charge < -0.3 is 10.3 Å². The zero-order valence-corrected chi connectivity index (χ0v) is 11.9. The molecule has 0 amide bonds. The van der Waals surface area contributed by atoms with E-state index in [0.29, 0.717) is 11.0 Å². The number of nitrogen functional groups attached to an aromatic ring is 1. The molecule has 1 saturated carbocycles. The van der Waals surface area contributed by atoms with E-state index in [4.69, 9.17) is 17.3 Å². The molecule has 19 heavy (non-hydrogen) atoms. The molecule has 0 aliphatic heterocycles. The minimum atomic E-state index is 0.605. The summed E-state index contributed by atoms with van der Waals surface area (Å²) in [5, 5.41) is 0.712. The minimum absolute atomic E-state index is 0.605. The Morgan fingerprint density at radius 3 is 2.84 bits per heavy atom. The highest BCUT2D eigenvalue weighted by Crippen LogP contribution is 2.28. The normalized spacial score (nSPS) is 17.1. The van der Waals surface area contributed by atoms with E-state index in [1.165, 1.54) is 38.5 Å². The first-order valence-electron chi connectivity index (χ1n) is 7.15. The van der Waals surface area contributed by atoms with Gasteiger partial charge in [0.2, 0.25) is 5.95 Å². The monoisotopic (exact) mass is 277 g/mol. The van der Waals surface area contributed by atoms with Gasteiger partial charge in [0.25, 0.3) is 0 Å². The summed E-state index contributed by atoms with van der Waals surface area (Å²) in [6, 6.07) is 5.80. The molecular weight excluding hydrogens is 258 g/mol. The van der Waals surface area contributed by atoms with E-state index in [-0.39, 0.29) is 0 Å². The lowest BCUT2D eigenvalue weighted by Crippen LogP contribution is -2.11. The molecule has 1 aromatic heterocycles. The molecule has 4 heteroatoms. The molecule has 1 aromatic carbocycles. The minimum Gasteiger partial charge on any atom is -0.369 e. The predicted molar refractivity (Wildman–Crippen MR) is 80.3 cm³/mol. The number of anilines is 1. The fourth-order valence-corrected chi connectivity index (χ4v) is 3.31. The van der Waals surface area contributed by atoms with Crippen molar-refractivity contribution in [1.82, 2.24) is 9.55 Å². The molecule has 0 bridgehead atoms. The topological polar surface area (TPSA) is 43.8 Å². The second-order valence-electron chi connectivity index (χ2n) is 5.55. The van der Waals surface area contributed by atoms with Crippen molar-refractivity contribution in [3.8, 4) is 0 Å². The summed E-state index contributed by atoms with van der Waals surface area (Å²) in [6.45, 7) is 0.967. The number of rotatable bonds is 3. The van der Waals surface area contributed by atoms with Crippen LogP contribution in [0.5, 0.6) is 0 Å². The van der Waals surface area contributed by atoms with Crippen LogP contribution in [-0.4, -0.2) is 9.55 Å². The van der Waals surface area contributed by atoms with E-state index in [2.05, 4.69) is 9.55 Å². The quantitative estimate of drug-likeness (QED) is 0.912. The lowest BCUT2D eigenvalue weighted by molar-refractivity contribution is 0.326. The molecular formula is C15H20ClN3. The number of imidazole rings is 1. The number of halogens is 1. The summed E-state index contributed by atoms with van der Waals surface area (Å²) in [4.78, 5) is 4.39. The highest BCUT2D eigenvalue weighted by Gasteiger charge is 2.15. The number of hydrogen-bond donors (Lipinski definition) is 1. The summed E-state index contributed by atoms with van der Waals surface area (Å²) in [6.07, 6.45) is 8.14. The fraction of sp³-hybridized carbons (Fsp3) is 0.533. The van der Waals surface area contributed by atoms with Crippen molar-refractivity contribution in [3.63, 3.8) is 0 Å². The van der Waals surface area contributed by atoms with Crippen LogP contribution in [0.1, 0.15) is 38.5 Å². The third kappa shape index (κ3) is 2.71. The zero-order valence-electron chi connectivity index (χ0n) is 11.1. The fourth-order valence-electron chi connectivity index (χ4n) is 3.14. The number of nitrogens with zero attached hydrogens (tertiary/aromatic N) is 2. The Kier molecular flexibility index (Phi) is 3.65. The molecule has 0 saturated heterocycles. The Labute approximate surface area is 118 Å². The van der Waals surface area contributed by atoms with Crippen molar-refractivity contribution >= 4 is 28.6 Å². The van der Waals surface area contributed by atoms with Crippen LogP contribution in [0.15, 0.2) is 18.2 Å². The van der Waals surface area contributed by atoms with Crippen LogP contribution in [0.3, 0.4) is 0 Å². The van der Waals surface area contributed by atoms with Gasteiger partial charge in [0, 0.05) is 11.6 Å². The van der Waals surface area contributed by atoms with Crippen LogP contribution >= 0.6 is 11.6 Å². The second kappa shape index (κ2) is 5.41. The molecule has 102 valence electrons. The molecule has 3 rings (SSSR count). The van der Waals surface area contributed by atoms with Gasteiger partial charge >= 0.3 is 0 Å². The van der Waals surface area contributed by atoms with Crippen LogP contribution in [0.2, 0.25) is 5.02 Å². The maximum Gasteiger partial charge on any atom is 0.201 e. The van der Waals surface area contributed by atoms with Gasteiger partial charge in [-0.05, 0) is 30.5 Å². The molecule has 2 N–H and O–H groups in total. The summed E-state index contributed by atoms with van der Waals surface area (Å²) in [5.41, 5.74) is 8.02. The third-order valence-electron chi connectivity index (χ3n) is 4.23. The number of fused-ring (bicyclic) bond motifs is 1. The van der Waals surface area contributed by atoms with Crippen molar-refractivity contribution < 1.29 is 0 Å². The van der Waals surface area contributed by atoms with E-state index in [0.717, 1.165) is 23.5 Å². The Morgan fingerprint density at radius 1 is 1.26 bits per heavy atom. The molecule has 1 aliphatic rings. The van der Waals surface area contributed by atoms with E-state index < -0.39 is 0 Å². The molecule has 1 heterocycles. The maximum atomic E-state index is 6.03. The van der Waals surface area contributed by atoms with Gasteiger partial charge in [0.15, 0.2) is 0 Å². The average Bonchev–Trinajstić information content (AvgIpc) is 2.72. The lowest BCUT2D eigenvalue weighted by atomic mass is 9.87. The SMILES string of the molecule is Nc1nc2cc(Cl)ccc2n1CCC1CCCCC1. The van der Waals surface area contributed by atoms with Gasteiger partial charge in [0.1, 0.15) is 0 Å². The van der Waals surface area contributed by atoms with E-state index in [1.54, 1.807) is 0 Å². The van der Waals surface area contributed by atoms with Crippen molar-refractivity contribution in [2.45, 2.75) is 45.1 Å². The molecule has 1 fully saturated rings. The number of aryl methyl sites for hydroxylation is 1. The molecule has 3 nitrogen and oxygen atoms in total. The first kappa shape index (κ1) is 12.8. The van der Waals surface area contributed by atoms with Gasteiger partial charge in [0.05, 0.1) is 11.0 Å². The first-order valence-corrected chi connectivity index (χ1v) is 7.53. The Hall–Kier alpha value is -1.22. The van der Waals surface area contributed by atoms with Gasteiger partial charge in [-0.15, -0.1) is 0 Å². The van der Waals surface area contributed by atoms with Gasteiger partial charge in [-0.3, -0.25) is 0 Å². The van der Waals surface area contributed by atoms with Crippen LogP contribution in [0, 0.1) is 5.92 Å². The van der Waals surface area contributed by atoms with Crippen molar-refractivity contribution in [2.75, 3.05) is 5.73 Å². The summed E-state index contributed by atoms with van der Waals surface area (Å²) < 4.78 is 2.13. The van der Waals surface area contributed by atoms with Crippen LogP contribution < -0.4 is 5.73 Å². The van der Waals surface area contributed by atoms with Crippen LogP contribution in [-0.2, 0) is 6.54 Å². The third-order valence-corrected chi connectivity index (χ3v) is 4.46. The zero-order chi connectivity index (χ0) is 13.2. The summed E-state index contributed by atoms with van der Waals surface area (Å²) in [5.74, 6) is 1.46. The summed E-state index contributed by atoms with van der Waals surface area (Å²) >= 11 is 5.99. The largest absolute Gasteiger partial charge is 0.369 e. The van der Waals surface area contributed by atoms with Gasteiger partial charge in [-0.1, -0.05) is 43.7 Å². The van der Waals surface area contributed by atoms with Gasteiger partial charge in [-0.2, -0.15) is 0 Å². The van der Waals surface area contributed by atoms with Gasteiger partial charge in [-0.25, -0.2) is 4.98 Å². The smallest absolute Gasteiger partial charge is 0.201 e. The maximum absolute atomic E-state index is 6.03. The van der Waals surface area contributed by atoms with E-state index in [9.17, 15) is 0 Å². The highest BCUT2D eigenvalue weighted by molar-refractivity contribution is 6.31. The molecule has 0 spiro atoms.